The summed E-state index contributed by atoms with van der Waals surface area (Å²) in [6.07, 6.45) is 0. The molecule has 1 nitrogen and oxygen atoms in total. The Kier molecular flexibility index (Phi) is 8.80. The van der Waals surface area contributed by atoms with Gasteiger partial charge in [0.25, 0.3) is 0 Å². The van der Waals surface area contributed by atoms with Gasteiger partial charge < -0.3 is 4.57 Å². The highest BCUT2D eigenvalue weighted by molar-refractivity contribution is 6.12. The quantitative estimate of drug-likeness (QED) is 0.156. The molecule has 246 valence electrons. The van der Waals surface area contributed by atoms with Crippen LogP contribution in [0.15, 0.2) is 127 Å². The van der Waals surface area contributed by atoms with Crippen molar-refractivity contribution >= 4 is 21.8 Å². The Morgan fingerprint density at radius 2 is 0.755 bits per heavy atom. The summed E-state index contributed by atoms with van der Waals surface area (Å²) in [6, 6.07) is 48.2. The van der Waals surface area contributed by atoms with E-state index in [0.29, 0.717) is 23.7 Å². The molecular weight excluding hydrogens is 591 g/mol. The van der Waals surface area contributed by atoms with Gasteiger partial charge in [0, 0.05) is 16.3 Å². The number of aromatic nitrogens is 1. The number of hydrogen-bond acceptors (Lipinski definition) is 0. The van der Waals surface area contributed by atoms with Gasteiger partial charge in [0.1, 0.15) is 0 Å². The third-order valence-electron chi connectivity index (χ3n) is 10.3. The second-order valence-corrected chi connectivity index (χ2v) is 15.1. The number of nitrogens with zero attached hydrogens (tertiary/aromatic N) is 1. The molecule has 0 atom stereocenters. The van der Waals surface area contributed by atoms with Crippen LogP contribution < -0.4 is 0 Å². The predicted octanol–water partition coefficient (Wildman–Crippen LogP) is 14.3. The summed E-state index contributed by atoms with van der Waals surface area (Å²) in [4.78, 5) is 0. The largest absolute Gasteiger partial charge is 0.309 e. The van der Waals surface area contributed by atoms with Gasteiger partial charge in [-0.3, -0.25) is 0 Å². The fourth-order valence-corrected chi connectivity index (χ4v) is 7.19. The van der Waals surface area contributed by atoms with Crippen LogP contribution in [0.2, 0.25) is 0 Å². The Morgan fingerprint density at radius 1 is 0.347 bits per heavy atom. The molecule has 0 N–H and O–H groups in total. The van der Waals surface area contributed by atoms with Crippen LogP contribution in [0, 0.1) is 0 Å². The highest BCUT2D eigenvalue weighted by atomic mass is 15.0. The van der Waals surface area contributed by atoms with Crippen molar-refractivity contribution in [3.8, 4) is 39.1 Å². The zero-order valence-corrected chi connectivity index (χ0v) is 30.4. The molecule has 0 radical (unpaired) electrons. The minimum absolute atomic E-state index is 0.470. The second kappa shape index (κ2) is 13.2. The molecule has 0 saturated heterocycles. The van der Waals surface area contributed by atoms with Crippen molar-refractivity contribution in [3.05, 3.63) is 150 Å². The van der Waals surface area contributed by atoms with E-state index >= 15 is 0 Å². The van der Waals surface area contributed by atoms with Crippen LogP contribution in [0.4, 0.5) is 0 Å². The first-order chi connectivity index (χ1) is 23.6. The molecule has 0 aliphatic rings. The molecule has 0 unspecified atom stereocenters. The molecular formula is C48H49N. The molecule has 1 heteroatoms. The molecule has 0 spiro atoms. The topological polar surface area (TPSA) is 4.93 Å². The maximum atomic E-state index is 2.48. The fourth-order valence-electron chi connectivity index (χ4n) is 7.19. The molecule has 7 rings (SSSR count). The first-order valence-electron chi connectivity index (χ1n) is 18.1. The van der Waals surface area contributed by atoms with Crippen LogP contribution in [-0.4, -0.2) is 4.57 Å². The highest BCUT2D eigenvalue weighted by Gasteiger charge is 2.19. The molecule has 0 saturated carbocycles. The molecule has 6 aromatic carbocycles. The van der Waals surface area contributed by atoms with Crippen molar-refractivity contribution in [2.24, 2.45) is 0 Å². The number of hydrogen-bond donors (Lipinski definition) is 0. The zero-order chi connectivity index (χ0) is 34.4. The minimum Gasteiger partial charge on any atom is -0.309 e. The van der Waals surface area contributed by atoms with E-state index in [0.717, 1.165) is 0 Å². The summed E-state index contributed by atoms with van der Waals surface area (Å²) in [5.41, 5.74) is 16.8. The summed E-state index contributed by atoms with van der Waals surface area (Å²) in [6.45, 7) is 18.4. The van der Waals surface area contributed by atoms with Gasteiger partial charge in [0.2, 0.25) is 0 Å². The average Bonchev–Trinajstić information content (AvgIpc) is 3.44. The Labute approximate surface area is 293 Å². The van der Waals surface area contributed by atoms with Crippen molar-refractivity contribution in [2.75, 3.05) is 0 Å². The van der Waals surface area contributed by atoms with Gasteiger partial charge in [0.15, 0.2) is 0 Å². The predicted molar refractivity (Wildman–Crippen MR) is 213 cm³/mol. The molecule has 0 aliphatic heterocycles. The lowest BCUT2D eigenvalue weighted by Crippen LogP contribution is -1.97. The average molecular weight is 640 g/mol. The van der Waals surface area contributed by atoms with Crippen LogP contribution in [0.1, 0.15) is 101 Å². The van der Waals surface area contributed by atoms with E-state index < -0.39 is 0 Å². The minimum atomic E-state index is 0.470. The molecule has 0 bridgehead atoms. The number of fused-ring (bicyclic) bond motifs is 3. The summed E-state index contributed by atoms with van der Waals surface area (Å²) < 4.78 is 2.48. The standard InChI is InChI=1S/C48H49N/c1-30(2)37-22-38(31(3)4)25-41(24-37)35-18-20-47-44(28-35)45-29-36(42-26-39(32(5)6)23-40(27-42)33(7)8)19-21-48(45)49(47)46-17-13-12-16-43(46)34-14-10-9-11-15-34/h9-33H,1-8H3. The van der Waals surface area contributed by atoms with Crippen molar-refractivity contribution < 1.29 is 0 Å². The van der Waals surface area contributed by atoms with E-state index in [1.165, 1.54) is 83.1 Å². The van der Waals surface area contributed by atoms with Gasteiger partial charge in [-0.05, 0) is 104 Å². The number of benzene rings is 6. The third kappa shape index (κ3) is 6.24. The number of rotatable bonds is 8. The van der Waals surface area contributed by atoms with Crippen LogP contribution >= 0.6 is 0 Å². The first-order valence-corrected chi connectivity index (χ1v) is 18.1. The van der Waals surface area contributed by atoms with E-state index in [2.05, 4.69) is 187 Å². The lowest BCUT2D eigenvalue weighted by atomic mass is 9.90. The van der Waals surface area contributed by atoms with Gasteiger partial charge >= 0.3 is 0 Å². The lowest BCUT2D eigenvalue weighted by Gasteiger charge is -2.16. The van der Waals surface area contributed by atoms with Gasteiger partial charge in [-0.2, -0.15) is 0 Å². The molecule has 1 aromatic heterocycles. The highest BCUT2D eigenvalue weighted by Crippen LogP contribution is 2.41. The van der Waals surface area contributed by atoms with Gasteiger partial charge in [-0.25, -0.2) is 0 Å². The summed E-state index contributed by atoms with van der Waals surface area (Å²) in [7, 11) is 0. The summed E-state index contributed by atoms with van der Waals surface area (Å²) in [5.74, 6) is 1.88. The molecule has 0 amide bonds. The molecule has 0 fully saturated rings. The van der Waals surface area contributed by atoms with Crippen molar-refractivity contribution in [3.63, 3.8) is 0 Å². The van der Waals surface area contributed by atoms with Crippen LogP contribution in [-0.2, 0) is 0 Å². The van der Waals surface area contributed by atoms with Crippen LogP contribution in [0.5, 0.6) is 0 Å². The zero-order valence-electron chi connectivity index (χ0n) is 30.4. The van der Waals surface area contributed by atoms with Gasteiger partial charge in [0.05, 0.1) is 16.7 Å². The van der Waals surface area contributed by atoms with E-state index in [-0.39, 0.29) is 0 Å². The second-order valence-electron chi connectivity index (χ2n) is 15.1. The Hall–Kier alpha value is -4.88. The molecule has 0 aliphatic carbocycles. The Balaban J connectivity index is 1.52. The van der Waals surface area contributed by atoms with E-state index in [1.54, 1.807) is 0 Å². The third-order valence-corrected chi connectivity index (χ3v) is 10.3. The fraction of sp³-hybridized carbons (Fsp3) is 0.250. The van der Waals surface area contributed by atoms with E-state index in [1.807, 2.05) is 0 Å². The molecule has 7 aromatic rings. The van der Waals surface area contributed by atoms with E-state index in [9.17, 15) is 0 Å². The summed E-state index contributed by atoms with van der Waals surface area (Å²) in [5, 5.41) is 2.56. The van der Waals surface area contributed by atoms with Crippen molar-refractivity contribution in [1.82, 2.24) is 4.57 Å². The maximum Gasteiger partial charge on any atom is 0.0541 e. The van der Waals surface area contributed by atoms with Crippen molar-refractivity contribution in [2.45, 2.75) is 79.1 Å². The molecule has 49 heavy (non-hydrogen) atoms. The Bertz CT molecular complexity index is 2100. The van der Waals surface area contributed by atoms with Crippen LogP contribution in [0.3, 0.4) is 0 Å². The lowest BCUT2D eigenvalue weighted by molar-refractivity contribution is 0.834. The smallest absolute Gasteiger partial charge is 0.0541 e. The number of para-hydroxylation sites is 1. The van der Waals surface area contributed by atoms with Gasteiger partial charge in [-0.1, -0.05) is 152 Å². The summed E-state index contributed by atoms with van der Waals surface area (Å²) >= 11 is 0. The SMILES string of the molecule is CC(C)c1cc(-c2ccc3c(c2)c2cc(-c4cc(C(C)C)cc(C(C)C)c4)ccc2n3-c2ccccc2-c2ccccc2)cc(C(C)C)c1. The first kappa shape index (κ1) is 32.7. The molecule has 1 heterocycles. The van der Waals surface area contributed by atoms with Crippen LogP contribution in [0.25, 0.3) is 60.9 Å². The van der Waals surface area contributed by atoms with Gasteiger partial charge in [-0.15, -0.1) is 0 Å². The Morgan fingerprint density at radius 3 is 1.18 bits per heavy atom. The van der Waals surface area contributed by atoms with Crippen molar-refractivity contribution in [1.29, 1.82) is 0 Å². The normalized spacial score (nSPS) is 12.0. The maximum absolute atomic E-state index is 2.48. The van der Waals surface area contributed by atoms with E-state index in [4.69, 9.17) is 0 Å². The monoisotopic (exact) mass is 639 g/mol.